The number of carbonyl (C=O) groups is 3. The minimum Gasteiger partial charge on any atom is -0.452 e. The fourth-order valence-corrected chi connectivity index (χ4v) is 2.23. The second-order valence-electron chi connectivity index (χ2n) is 5.67. The van der Waals surface area contributed by atoms with E-state index in [-0.39, 0.29) is 18.0 Å². The molecule has 0 aromatic heterocycles. The lowest BCUT2D eigenvalue weighted by Gasteiger charge is -2.12. The Bertz CT molecular complexity index is 799. The van der Waals surface area contributed by atoms with Crippen LogP contribution in [-0.4, -0.2) is 30.9 Å². The van der Waals surface area contributed by atoms with Crippen LogP contribution in [0.25, 0.3) is 0 Å². The molecule has 0 saturated carbocycles. The van der Waals surface area contributed by atoms with Crippen LogP contribution in [-0.2, 0) is 14.3 Å². The molecule has 26 heavy (non-hydrogen) atoms. The van der Waals surface area contributed by atoms with E-state index in [1.165, 1.54) is 12.1 Å². The first kappa shape index (κ1) is 19.1. The van der Waals surface area contributed by atoms with Gasteiger partial charge in [-0.15, -0.1) is 0 Å². The summed E-state index contributed by atoms with van der Waals surface area (Å²) >= 11 is 0. The van der Waals surface area contributed by atoms with E-state index in [0.29, 0.717) is 5.69 Å². The molecular formula is C19H19FN2O4. The number of halogens is 1. The van der Waals surface area contributed by atoms with Crippen LogP contribution in [0.2, 0.25) is 0 Å². The van der Waals surface area contributed by atoms with Crippen molar-refractivity contribution < 1.29 is 23.5 Å². The van der Waals surface area contributed by atoms with Gasteiger partial charge in [0.2, 0.25) is 5.91 Å². The molecule has 2 aromatic rings. The first-order chi connectivity index (χ1) is 12.4. The molecular weight excluding hydrogens is 339 g/mol. The molecule has 2 rings (SSSR count). The first-order valence-corrected chi connectivity index (χ1v) is 7.92. The maximum absolute atomic E-state index is 12.8. The zero-order valence-corrected chi connectivity index (χ0v) is 14.5. The highest BCUT2D eigenvalue weighted by molar-refractivity contribution is 5.96. The van der Waals surface area contributed by atoms with Gasteiger partial charge in [0.25, 0.3) is 5.91 Å². The summed E-state index contributed by atoms with van der Waals surface area (Å²) in [4.78, 5) is 35.3. The monoisotopic (exact) mass is 358 g/mol. The van der Waals surface area contributed by atoms with Crippen LogP contribution < -0.4 is 10.6 Å². The van der Waals surface area contributed by atoms with Gasteiger partial charge in [0.05, 0.1) is 12.1 Å². The third-order valence-electron chi connectivity index (χ3n) is 3.61. The topological polar surface area (TPSA) is 84.5 Å². The highest BCUT2D eigenvalue weighted by Gasteiger charge is 2.12. The number of rotatable bonds is 6. The zero-order valence-electron chi connectivity index (χ0n) is 14.5. The minimum absolute atomic E-state index is 0.131. The molecule has 136 valence electrons. The van der Waals surface area contributed by atoms with Crippen LogP contribution in [0.15, 0.2) is 42.5 Å². The summed E-state index contributed by atoms with van der Waals surface area (Å²) in [5.74, 6) is -2.23. The molecule has 0 spiro atoms. The minimum atomic E-state index is -0.750. The van der Waals surface area contributed by atoms with Crippen molar-refractivity contribution in [1.29, 1.82) is 0 Å². The third-order valence-corrected chi connectivity index (χ3v) is 3.61. The molecule has 0 aliphatic carbocycles. The van der Waals surface area contributed by atoms with Gasteiger partial charge in [0.15, 0.2) is 6.61 Å². The molecule has 6 nitrogen and oxygen atoms in total. The van der Waals surface area contributed by atoms with Gasteiger partial charge in [-0.3, -0.25) is 9.59 Å². The highest BCUT2D eigenvalue weighted by Crippen LogP contribution is 2.18. The Balaban J connectivity index is 1.77. The molecule has 2 amide bonds. The predicted octanol–water partition coefficient (Wildman–Crippen LogP) is 2.35. The summed E-state index contributed by atoms with van der Waals surface area (Å²) in [5, 5.41) is 5.10. The molecule has 0 aliphatic rings. The van der Waals surface area contributed by atoms with Crippen molar-refractivity contribution >= 4 is 23.5 Å². The Hall–Kier alpha value is -3.22. The van der Waals surface area contributed by atoms with Gasteiger partial charge in [0.1, 0.15) is 5.82 Å². The highest BCUT2D eigenvalue weighted by atomic mass is 19.1. The van der Waals surface area contributed by atoms with Gasteiger partial charge in [-0.1, -0.05) is 18.2 Å². The fourth-order valence-electron chi connectivity index (χ4n) is 2.23. The molecule has 0 heterocycles. The molecule has 0 saturated heterocycles. The van der Waals surface area contributed by atoms with E-state index in [4.69, 9.17) is 4.74 Å². The van der Waals surface area contributed by atoms with Crippen LogP contribution in [0.5, 0.6) is 0 Å². The zero-order chi connectivity index (χ0) is 19.1. The van der Waals surface area contributed by atoms with E-state index in [1.54, 1.807) is 0 Å². The van der Waals surface area contributed by atoms with E-state index in [9.17, 15) is 18.8 Å². The Morgan fingerprint density at radius 2 is 1.58 bits per heavy atom. The van der Waals surface area contributed by atoms with Gasteiger partial charge >= 0.3 is 5.97 Å². The number of esters is 1. The number of benzene rings is 2. The number of amides is 2. The molecule has 2 aromatic carbocycles. The Morgan fingerprint density at radius 3 is 2.19 bits per heavy atom. The van der Waals surface area contributed by atoms with Gasteiger partial charge in [0, 0.05) is 5.69 Å². The Labute approximate surface area is 150 Å². The van der Waals surface area contributed by atoms with Crippen molar-refractivity contribution in [3.63, 3.8) is 0 Å². The summed E-state index contributed by atoms with van der Waals surface area (Å²) in [7, 11) is 0. The largest absolute Gasteiger partial charge is 0.452 e. The molecule has 0 aliphatic heterocycles. The average Bonchev–Trinajstić information content (AvgIpc) is 2.61. The molecule has 7 heteroatoms. The number of aryl methyl sites for hydroxylation is 2. The van der Waals surface area contributed by atoms with E-state index in [2.05, 4.69) is 10.6 Å². The molecule has 0 radical (unpaired) electrons. The Kier molecular flexibility index (Phi) is 6.43. The molecule has 0 bridgehead atoms. The number of nitrogens with one attached hydrogen (secondary N) is 2. The van der Waals surface area contributed by atoms with Crippen molar-refractivity contribution in [2.45, 2.75) is 13.8 Å². The molecule has 0 fully saturated rings. The number of anilines is 1. The molecule has 0 unspecified atom stereocenters. The quantitative estimate of drug-likeness (QED) is 0.777. The standard InChI is InChI=1S/C19H19FN2O4/c1-12-4-3-5-13(2)18(12)22-16(23)10-21-17(24)11-26-19(25)14-6-8-15(20)9-7-14/h3-9H,10-11H2,1-2H3,(H,21,24)(H,22,23). The van der Waals surface area contributed by atoms with E-state index in [1.807, 2.05) is 32.0 Å². The smallest absolute Gasteiger partial charge is 0.338 e. The summed E-state index contributed by atoms with van der Waals surface area (Å²) < 4.78 is 17.6. The summed E-state index contributed by atoms with van der Waals surface area (Å²) in [6.07, 6.45) is 0. The maximum atomic E-state index is 12.8. The second-order valence-corrected chi connectivity index (χ2v) is 5.67. The number of hydrogen-bond donors (Lipinski definition) is 2. The van der Waals surface area contributed by atoms with E-state index < -0.39 is 24.3 Å². The van der Waals surface area contributed by atoms with Gasteiger partial charge < -0.3 is 15.4 Å². The first-order valence-electron chi connectivity index (χ1n) is 7.92. The van der Waals surface area contributed by atoms with Crippen LogP contribution in [0.4, 0.5) is 10.1 Å². The van der Waals surface area contributed by atoms with Crippen molar-refractivity contribution in [3.05, 3.63) is 65.0 Å². The number of para-hydroxylation sites is 1. The maximum Gasteiger partial charge on any atom is 0.338 e. The lowest BCUT2D eigenvalue weighted by molar-refractivity contribution is -0.126. The van der Waals surface area contributed by atoms with Crippen LogP contribution in [0, 0.1) is 19.7 Å². The average molecular weight is 358 g/mol. The van der Waals surface area contributed by atoms with Crippen LogP contribution in [0.1, 0.15) is 21.5 Å². The third kappa shape index (κ3) is 5.41. The van der Waals surface area contributed by atoms with Gasteiger partial charge in [-0.2, -0.15) is 0 Å². The van der Waals surface area contributed by atoms with Gasteiger partial charge in [-0.25, -0.2) is 9.18 Å². The van der Waals surface area contributed by atoms with Crippen LogP contribution >= 0.6 is 0 Å². The fraction of sp³-hybridized carbons (Fsp3) is 0.211. The summed E-state index contributed by atoms with van der Waals surface area (Å²) in [5.41, 5.74) is 2.66. The lowest BCUT2D eigenvalue weighted by Crippen LogP contribution is -2.35. The SMILES string of the molecule is Cc1cccc(C)c1NC(=O)CNC(=O)COC(=O)c1ccc(F)cc1. The van der Waals surface area contributed by atoms with Crippen molar-refractivity contribution in [2.24, 2.45) is 0 Å². The predicted molar refractivity (Wildman–Crippen MR) is 94.2 cm³/mol. The number of hydrogen-bond acceptors (Lipinski definition) is 4. The Morgan fingerprint density at radius 1 is 0.962 bits per heavy atom. The van der Waals surface area contributed by atoms with Crippen molar-refractivity contribution in [3.8, 4) is 0 Å². The lowest BCUT2D eigenvalue weighted by atomic mass is 10.1. The van der Waals surface area contributed by atoms with E-state index >= 15 is 0 Å². The normalized spacial score (nSPS) is 10.1. The second kappa shape index (κ2) is 8.75. The van der Waals surface area contributed by atoms with Crippen LogP contribution in [0.3, 0.4) is 0 Å². The summed E-state index contributed by atoms with van der Waals surface area (Å²) in [6.45, 7) is 2.96. The van der Waals surface area contributed by atoms with E-state index in [0.717, 1.165) is 23.3 Å². The number of carbonyl (C=O) groups excluding carboxylic acids is 3. The van der Waals surface area contributed by atoms with Crippen molar-refractivity contribution in [2.75, 3.05) is 18.5 Å². The number of ether oxygens (including phenoxy) is 1. The van der Waals surface area contributed by atoms with Gasteiger partial charge in [-0.05, 0) is 49.2 Å². The molecule has 2 N–H and O–H groups in total. The molecule has 0 atom stereocenters. The van der Waals surface area contributed by atoms with Crippen molar-refractivity contribution in [1.82, 2.24) is 5.32 Å². The summed E-state index contributed by atoms with van der Waals surface area (Å²) in [6, 6.07) is 10.4.